The molecular formula is C21H15F2N3O3S. The van der Waals surface area contributed by atoms with E-state index in [2.05, 4.69) is 10.3 Å². The zero-order valence-electron chi connectivity index (χ0n) is 15.4. The number of pyridine rings is 1. The third-order valence-corrected chi connectivity index (χ3v) is 6.32. The summed E-state index contributed by atoms with van der Waals surface area (Å²) in [6.07, 6.45) is 5.02. The number of sulfone groups is 1. The molecule has 152 valence electrons. The molecule has 2 aromatic heterocycles. The van der Waals surface area contributed by atoms with Crippen molar-refractivity contribution in [2.75, 3.05) is 0 Å². The van der Waals surface area contributed by atoms with E-state index < -0.39 is 26.4 Å². The molecule has 0 aliphatic rings. The van der Waals surface area contributed by atoms with Crippen molar-refractivity contribution in [2.24, 2.45) is 0 Å². The van der Waals surface area contributed by atoms with Gasteiger partial charge in [0.15, 0.2) is 0 Å². The van der Waals surface area contributed by atoms with Gasteiger partial charge in [-0.05, 0) is 42.0 Å². The van der Waals surface area contributed by atoms with Gasteiger partial charge in [-0.25, -0.2) is 22.2 Å². The van der Waals surface area contributed by atoms with Crippen molar-refractivity contribution in [1.29, 1.82) is 0 Å². The van der Waals surface area contributed by atoms with Gasteiger partial charge in [0, 0.05) is 31.2 Å². The van der Waals surface area contributed by atoms with Crippen molar-refractivity contribution in [1.82, 2.24) is 14.7 Å². The maximum Gasteiger partial charge on any atom is 0.253 e. The highest BCUT2D eigenvalue weighted by Gasteiger charge is 2.22. The number of hydrogen-bond donors (Lipinski definition) is 1. The molecule has 0 saturated heterocycles. The first kappa shape index (κ1) is 19.7. The van der Waals surface area contributed by atoms with E-state index in [0.717, 1.165) is 17.8 Å². The van der Waals surface area contributed by atoms with Crippen LogP contribution in [0.4, 0.5) is 8.78 Å². The van der Waals surface area contributed by atoms with Crippen LogP contribution in [0.2, 0.25) is 0 Å². The van der Waals surface area contributed by atoms with Gasteiger partial charge in [0.05, 0.1) is 10.5 Å². The molecule has 2 heterocycles. The lowest BCUT2D eigenvalue weighted by atomic mass is 10.2. The Balaban J connectivity index is 1.47. The Labute approximate surface area is 170 Å². The maximum atomic E-state index is 13.9. The van der Waals surface area contributed by atoms with Gasteiger partial charge in [0.25, 0.3) is 5.91 Å². The number of nitrogens with one attached hydrogen (secondary N) is 1. The van der Waals surface area contributed by atoms with E-state index in [9.17, 15) is 22.0 Å². The number of carbonyl (C=O) groups is 1. The van der Waals surface area contributed by atoms with Crippen LogP contribution < -0.4 is 5.32 Å². The largest absolute Gasteiger partial charge is 0.348 e. The lowest BCUT2D eigenvalue weighted by molar-refractivity contribution is 0.0950. The number of halogens is 2. The first-order chi connectivity index (χ1) is 14.3. The van der Waals surface area contributed by atoms with E-state index in [1.54, 1.807) is 35.1 Å². The van der Waals surface area contributed by atoms with E-state index in [1.807, 2.05) is 0 Å². The molecule has 0 aliphatic carbocycles. The van der Waals surface area contributed by atoms with E-state index in [-0.39, 0.29) is 17.3 Å². The number of amides is 1. The second-order valence-electron chi connectivity index (χ2n) is 6.52. The number of hydrogen-bond acceptors (Lipinski definition) is 4. The first-order valence-corrected chi connectivity index (χ1v) is 10.3. The van der Waals surface area contributed by atoms with Crippen molar-refractivity contribution in [3.8, 4) is 0 Å². The molecule has 0 fully saturated rings. The Kier molecular flexibility index (Phi) is 5.04. The van der Waals surface area contributed by atoms with Crippen LogP contribution in [-0.4, -0.2) is 23.7 Å². The fourth-order valence-electron chi connectivity index (χ4n) is 2.95. The lowest BCUT2D eigenvalue weighted by Crippen LogP contribution is -2.23. The van der Waals surface area contributed by atoms with Crippen LogP contribution in [0, 0.1) is 11.6 Å². The molecule has 0 bridgehead atoms. The zero-order valence-corrected chi connectivity index (χ0v) is 16.2. The third-order valence-electron chi connectivity index (χ3n) is 4.52. The molecule has 0 unspecified atom stereocenters. The molecule has 2 aromatic carbocycles. The van der Waals surface area contributed by atoms with Crippen molar-refractivity contribution < 1.29 is 22.0 Å². The van der Waals surface area contributed by atoms with E-state index in [4.69, 9.17) is 0 Å². The normalized spacial score (nSPS) is 11.5. The average Bonchev–Trinajstić information content (AvgIpc) is 3.20. The minimum atomic E-state index is -4.13. The van der Waals surface area contributed by atoms with Crippen LogP contribution in [0.5, 0.6) is 0 Å². The number of aromatic nitrogens is 2. The Morgan fingerprint density at radius 2 is 1.80 bits per heavy atom. The predicted octanol–water partition coefficient (Wildman–Crippen LogP) is 3.38. The monoisotopic (exact) mass is 427 g/mol. The van der Waals surface area contributed by atoms with Gasteiger partial charge < -0.3 is 9.72 Å². The summed E-state index contributed by atoms with van der Waals surface area (Å²) >= 11 is 0. The predicted molar refractivity (Wildman–Crippen MR) is 105 cm³/mol. The van der Waals surface area contributed by atoms with E-state index in [1.165, 1.54) is 24.3 Å². The zero-order chi connectivity index (χ0) is 21.3. The summed E-state index contributed by atoms with van der Waals surface area (Å²) in [5, 5.41) is 2.75. The topological polar surface area (TPSA) is 80.5 Å². The Morgan fingerprint density at radius 1 is 1.03 bits per heavy atom. The van der Waals surface area contributed by atoms with E-state index >= 15 is 0 Å². The Morgan fingerprint density at radius 3 is 2.53 bits per heavy atom. The summed E-state index contributed by atoms with van der Waals surface area (Å²) in [4.78, 5) is 15.7. The number of rotatable bonds is 5. The molecule has 0 aliphatic heterocycles. The molecule has 4 rings (SSSR count). The summed E-state index contributed by atoms with van der Waals surface area (Å²) in [5.41, 5.74) is 1.83. The minimum Gasteiger partial charge on any atom is -0.348 e. The average molecular weight is 427 g/mol. The molecule has 1 N–H and O–H groups in total. The van der Waals surface area contributed by atoms with Crippen LogP contribution >= 0.6 is 0 Å². The molecule has 0 saturated carbocycles. The number of carbonyl (C=O) groups excluding carboxylic acids is 1. The highest BCUT2D eigenvalue weighted by molar-refractivity contribution is 7.91. The van der Waals surface area contributed by atoms with Gasteiger partial charge in [-0.1, -0.05) is 12.1 Å². The molecule has 1 amide bonds. The second kappa shape index (κ2) is 7.68. The number of fused-ring (bicyclic) bond motifs is 1. The van der Waals surface area contributed by atoms with Gasteiger partial charge in [0.2, 0.25) is 9.84 Å². The fraction of sp³-hybridized carbons (Fsp3) is 0.0476. The van der Waals surface area contributed by atoms with Crippen molar-refractivity contribution in [2.45, 2.75) is 16.3 Å². The van der Waals surface area contributed by atoms with Gasteiger partial charge >= 0.3 is 0 Å². The van der Waals surface area contributed by atoms with Gasteiger partial charge in [-0.15, -0.1) is 0 Å². The summed E-state index contributed by atoms with van der Waals surface area (Å²) in [6, 6.07) is 11.4. The Hall–Kier alpha value is -3.59. The molecule has 4 aromatic rings. The molecule has 0 spiro atoms. The van der Waals surface area contributed by atoms with Crippen LogP contribution in [0.15, 0.2) is 83.0 Å². The fourth-order valence-corrected chi connectivity index (χ4v) is 4.26. The van der Waals surface area contributed by atoms with Crippen LogP contribution in [0.3, 0.4) is 0 Å². The highest BCUT2D eigenvalue weighted by Crippen LogP contribution is 2.24. The summed E-state index contributed by atoms with van der Waals surface area (Å²) in [5.74, 6) is -2.30. The minimum absolute atomic E-state index is 0.131. The molecule has 9 heteroatoms. The number of imidazole rings is 1. The van der Waals surface area contributed by atoms with Gasteiger partial charge in [-0.2, -0.15) is 0 Å². The van der Waals surface area contributed by atoms with Crippen LogP contribution in [0.25, 0.3) is 5.65 Å². The van der Waals surface area contributed by atoms with Gasteiger partial charge in [-0.3, -0.25) is 4.79 Å². The van der Waals surface area contributed by atoms with Crippen molar-refractivity contribution >= 4 is 21.4 Å². The van der Waals surface area contributed by atoms with Crippen molar-refractivity contribution in [3.05, 3.63) is 95.9 Å². The summed E-state index contributed by atoms with van der Waals surface area (Å²) in [7, 11) is -4.13. The molecule has 0 radical (unpaired) electrons. The summed E-state index contributed by atoms with van der Waals surface area (Å²) < 4.78 is 53.8. The third kappa shape index (κ3) is 3.79. The van der Waals surface area contributed by atoms with Crippen molar-refractivity contribution in [3.63, 3.8) is 0 Å². The SMILES string of the molecule is O=C(NCc1ccc(S(=O)(=O)c2ccc(F)cc2F)cc1)c1ccc2nccn2c1. The molecule has 0 atom stereocenters. The molecule has 6 nitrogen and oxygen atoms in total. The highest BCUT2D eigenvalue weighted by atomic mass is 32.2. The standard InChI is InChI=1S/C21H15F2N3O3S/c22-16-4-7-19(18(23)11-16)30(28,29)17-5-1-14(2-6-17)12-25-21(27)15-3-8-20-24-9-10-26(20)13-15/h1-11,13H,12H2,(H,25,27). The van der Waals surface area contributed by atoms with Crippen LogP contribution in [0.1, 0.15) is 15.9 Å². The first-order valence-electron chi connectivity index (χ1n) is 8.84. The molecular weight excluding hydrogens is 412 g/mol. The quantitative estimate of drug-likeness (QED) is 0.495. The van der Waals surface area contributed by atoms with Gasteiger partial charge in [0.1, 0.15) is 22.2 Å². The van der Waals surface area contributed by atoms with Crippen LogP contribution in [-0.2, 0) is 16.4 Å². The second-order valence-corrected chi connectivity index (χ2v) is 8.43. The lowest BCUT2D eigenvalue weighted by Gasteiger charge is -2.09. The number of nitrogens with zero attached hydrogens (tertiary/aromatic N) is 2. The smallest absolute Gasteiger partial charge is 0.253 e. The van der Waals surface area contributed by atoms with E-state index in [0.29, 0.717) is 17.2 Å². The molecule has 30 heavy (non-hydrogen) atoms. The number of benzene rings is 2. The summed E-state index contributed by atoms with van der Waals surface area (Å²) in [6.45, 7) is 0.173. The maximum absolute atomic E-state index is 13.9. The Bertz CT molecular complexity index is 1350.